The van der Waals surface area contributed by atoms with E-state index in [9.17, 15) is 4.79 Å². The van der Waals surface area contributed by atoms with Crippen LogP contribution in [0.4, 0.5) is 4.79 Å². The number of rotatable bonds is 2. The predicted molar refractivity (Wildman–Crippen MR) is 46.6 cm³/mol. The molecule has 0 bridgehead atoms. The summed E-state index contributed by atoms with van der Waals surface area (Å²) < 4.78 is 0. The van der Waals surface area contributed by atoms with Crippen LogP contribution < -0.4 is 5.32 Å². The van der Waals surface area contributed by atoms with Crippen molar-refractivity contribution in [3.8, 4) is 0 Å². The molecule has 2 N–H and O–H groups in total. The Kier molecular flexibility index (Phi) is 3.53. The molecule has 0 saturated heterocycles. The molecular formula is C7H15N3O2. The van der Waals surface area contributed by atoms with Crippen molar-refractivity contribution in [2.45, 2.75) is 19.4 Å². The highest BCUT2D eigenvalue weighted by Crippen LogP contribution is 2.08. The van der Waals surface area contributed by atoms with Gasteiger partial charge in [-0.15, -0.1) is 0 Å². The summed E-state index contributed by atoms with van der Waals surface area (Å²) in [6.07, 6.45) is 1.29. The number of oxime groups is 1. The molecule has 5 nitrogen and oxygen atoms in total. The standard InChI is InChI=1S/C7H15N3O2/c1-7(2,5-9-12)10(4)6(11)8-3/h5,12H,1-4H3,(H,8,11). The molecule has 0 rings (SSSR count). The summed E-state index contributed by atoms with van der Waals surface area (Å²) >= 11 is 0. The van der Waals surface area contributed by atoms with Crippen molar-refractivity contribution in [2.75, 3.05) is 14.1 Å². The maximum Gasteiger partial charge on any atom is 0.317 e. The zero-order valence-corrected chi connectivity index (χ0v) is 7.83. The van der Waals surface area contributed by atoms with E-state index in [4.69, 9.17) is 5.21 Å². The van der Waals surface area contributed by atoms with Gasteiger partial charge in [0.15, 0.2) is 0 Å². The molecule has 0 atom stereocenters. The minimum Gasteiger partial charge on any atom is -0.411 e. The van der Waals surface area contributed by atoms with Crippen LogP contribution in [0.15, 0.2) is 5.16 Å². The molecule has 0 fully saturated rings. The minimum absolute atomic E-state index is 0.222. The average molecular weight is 173 g/mol. The van der Waals surface area contributed by atoms with Gasteiger partial charge in [0, 0.05) is 14.1 Å². The predicted octanol–water partition coefficient (Wildman–Crippen LogP) is 0.496. The highest BCUT2D eigenvalue weighted by atomic mass is 16.4. The smallest absolute Gasteiger partial charge is 0.317 e. The van der Waals surface area contributed by atoms with Gasteiger partial charge >= 0.3 is 6.03 Å². The first kappa shape index (κ1) is 10.7. The van der Waals surface area contributed by atoms with Crippen molar-refractivity contribution in [1.82, 2.24) is 10.2 Å². The number of hydrogen-bond acceptors (Lipinski definition) is 3. The fraction of sp³-hybridized carbons (Fsp3) is 0.714. The molecule has 0 aromatic carbocycles. The van der Waals surface area contributed by atoms with Crippen molar-refractivity contribution < 1.29 is 10.0 Å². The van der Waals surface area contributed by atoms with Gasteiger partial charge in [0.05, 0.1) is 11.8 Å². The summed E-state index contributed by atoms with van der Waals surface area (Å²) in [4.78, 5) is 12.5. The van der Waals surface area contributed by atoms with Crippen molar-refractivity contribution in [3.63, 3.8) is 0 Å². The van der Waals surface area contributed by atoms with Crippen LogP contribution >= 0.6 is 0 Å². The Morgan fingerprint density at radius 1 is 1.67 bits per heavy atom. The number of hydrogen-bond donors (Lipinski definition) is 2. The fourth-order valence-corrected chi connectivity index (χ4v) is 0.657. The van der Waals surface area contributed by atoms with Gasteiger partial charge in [-0.2, -0.15) is 0 Å². The van der Waals surface area contributed by atoms with Crippen LogP contribution in [-0.2, 0) is 0 Å². The van der Waals surface area contributed by atoms with Gasteiger partial charge in [0.1, 0.15) is 0 Å². The quantitative estimate of drug-likeness (QED) is 0.363. The highest BCUT2D eigenvalue weighted by Gasteiger charge is 2.25. The van der Waals surface area contributed by atoms with E-state index < -0.39 is 5.54 Å². The second-order valence-electron chi connectivity index (χ2n) is 3.01. The Labute approximate surface area is 72.0 Å². The van der Waals surface area contributed by atoms with Crippen molar-refractivity contribution in [2.24, 2.45) is 5.16 Å². The lowest BCUT2D eigenvalue weighted by molar-refractivity contribution is 0.186. The molecule has 12 heavy (non-hydrogen) atoms. The first-order valence-corrected chi connectivity index (χ1v) is 3.60. The van der Waals surface area contributed by atoms with E-state index in [0.717, 1.165) is 0 Å². The van der Waals surface area contributed by atoms with E-state index in [1.165, 1.54) is 11.1 Å². The lowest BCUT2D eigenvalue weighted by atomic mass is 10.1. The van der Waals surface area contributed by atoms with Crippen molar-refractivity contribution in [3.05, 3.63) is 0 Å². The third-order valence-electron chi connectivity index (χ3n) is 1.76. The number of nitrogens with zero attached hydrogens (tertiary/aromatic N) is 2. The van der Waals surface area contributed by atoms with Crippen molar-refractivity contribution in [1.29, 1.82) is 0 Å². The minimum atomic E-state index is -0.588. The van der Waals surface area contributed by atoms with Gasteiger partial charge in [0.25, 0.3) is 0 Å². The Morgan fingerprint density at radius 3 is 2.50 bits per heavy atom. The summed E-state index contributed by atoms with van der Waals surface area (Å²) in [6.45, 7) is 3.53. The summed E-state index contributed by atoms with van der Waals surface area (Å²) in [5, 5.41) is 13.7. The van der Waals surface area contributed by atoms with Crippen LogP contribution in [-0.4, -0.2) is 42.0 Å². The van der Waals surface area contributed by atoms with E-state index in [0.29, 0.717) is 0 Å². The van der Waals surface area contributed by atoms with Crippen LogP contribution in [0.2, 0.25) is 0 Å². The maximum atomic E-state index is 11.1. The maximum absolute atomic E-state index is 11.1. The SMILES string of the molecule is CNC(=O)N(C)C(C)(C)C=NO. The van der Waals surface area contributed by atoms with E-state index in [1.54, 1.807) is 27.9 Å². The van der Waals surface area contributed by atoms with Crippen LogP contribution in [0, 0.1) is 0 Å². The monoisotopic (exact) mass is 173 g/mol. The number of amides is 2. The summed E-state index contributed by atoms with van der Waals surface area (Å²) in [5.41, 5.74) is -0.588. The number of urea groups is 1. The Hall–Kier alpha value is -1.26. The molecule has 70 valence electrons. The summed E-state index contributed by atoms with van der Waals surface area (Å²) in [7, 11) is 3.17. The molecule has 0 unspecified atom stereocenters. The van der Waals surface area contributed by atoms with Crippen LogP contribution in [0.5, 0.6) is 0 Å². The third-order valence-corrected chi connectivity index (χ3v) is 1.76. The molecule has 5 heteroatoms. The van der Waals surface area contributed by atoms with Gasteiger partial charge in [-0.25, -0.2) is 4.79 Å². The van der Waals surface area contributed by atoms with E-state index in [2.05, 4.69) is 10.5 Å². The second kappa shape index (κ2) is 3.94. The van der Waals surface area contributed by atoms with Gasteiger partial charge in [-0.05, 0) is 13.8 Å². The first-order valence-electron chi connectivity index (χ1n) is 3.60. The molecule has 2 amide bonds. The van der Waals surface area contributed by atoms with E-state index in [1.807, 2.05) is 0 Å². The Balaban J connectivity index is 4.44. The van der Waals surface area contributed by atoms with Gasteiger partial charge in [-0.3, -0.25) is 0 Å². The van der Waals surface area contributed by atoms with Gasteiger partial charge in [0.2, 0.25) is 0 Å². The van der Waals surface area contributed by atoms with Crippen molar-refractivity contribution >= 4 is 12.2 Å². The van der Waals surface area contributed by atoms with Crippen LogP contribution in [0.25, 0.3) is 0 Å². The summed E-state index contributed by atoms with van der Waals surface area (Å²) in [5.74, 6) is 0. The average Bonchev–Trinajstić information content (AvgIpc) is 2.01. The lowest BCUT2D eigenvalue weighted by Crippen LogP contribution is -2.49. The first-order chi connectivity index (χ1) is 5.45. The molecule has 0 aliphatic carbocycles. The number of carbonyl (C=O) groups excluding carboxylic acids is 1. The second-order valence-corrected chi connectivity index (χ2v) is 3.01. The van der Waals surface area contributed by atoms with E-state index in [-0.39, 0.29) is 6.03 Å². The normalized spacial score (nSPS) is 11.7. The lowest BCUT2D eigenvalue weighted by Gasteiger charge is -2.31. The van der Waals surface area contributed by atoms with Gasteiger partial charge < -0.3 is 15.4 Å². The molecule has 0 radical (unpaired) electrons. The molecule has 0 spiro atoms. The largest absolute Gasteiger partial charge is 0.411 e. The highest BCUT2D eigenvalue weighted by molar-refractivity contribution is 5.80. The zero-order valence-electron chi connectivity index (χ0n) is 7.83. The molecular weight excluding hydrogens is 158 g/mol. The Morgan fingerprint density at radius 2 is 2.17 bits per heavy atom. The topological polar surface area (TPSA) is 64.9 Å². The number of nitrogens with one attached hydrogen (secondary N) is 1. The van der Waals surface area contributed by atoms with E-state index >= 15 is 0 Å². The fourth-order valence-electron chi connectivity index (χ4n) is 0.657. The summed E-state index contributed by atoms with van der Waals surface area (Å²) in [6, 6.07) is -0.222. The molecule has 0 aliphatic heterocycles. The molecule has 0 aromatic rings. The molecule has 0 aliphatic rings. The molecule has 0 aromatic heterocycles. The number of carbonyl (C=O) groups is 1. The third kappa shape index (κ3) is 2.41. The van der Waals surface area contributed by atoms with Gasteiger partial charge in [-0.1, -0.05) is 5.16 Å². The zero-order chi connectivity index (χ0) is 9.78. The molecule has 0 heterocycles. The van der Waals surface area contributed by atoms with Crippen LogP contribution in [0.3, 0.4) is 0 Å². The molecule has 0 saturated carbocycles. The van der Waals surface area contributed by atoms with Crippen LogP contribution in [0.1, 0.15) is 13.8 Å². The Bertz CT molecular complexity index is 189.